The van der Waals surface area contributed by atoms with Crippen LogP contribution in [0.15, 0.2) is 0 Å². The first-order chi connectivity index (χ1) is 10.1. The number of rotatable bonds is 14. The normalized spacial score (nSPS) is 18.1. The molecule has 0 radical (unpaired) electrons. The van der Waals surface area contributed by atoms with Crippen LogP contribution in [-0.2, 0) is 9.47 Å². The minimum atomic E-state index is -0.124. The van der Waals surface area contributed by atoms with Gasteiger partial charge in [-0.2, -0.15) is 0 Å². The molecule has 126 valence electrons. The summed E-state index contributed by atoms with van der Waals surface area (Å²) in [6.07, 6.45) is 5.66. The molecule has 0 heterocycles. The van der Waals surface area contributed by atoms with Gasteiger partial charge in [0.15, 0.2) is 0 Å². The number of nitrogens with zero attached hydrogens (tertiary/aromatic N) is 1. The summed E-state index contributed by atoms with van der Waals surface area (Å²) in [6, 6.07) is 0.633. The van der Waals surface area contributed by atoms with Gasteiger partial charge in [-0.05, 0) is 45.6 Å². The van der Waals surface area contributed by atoms with Gasteiger partial charge < -0.3 is 24.8 Å². The maximum atomic E-state index is 9.63. The Balaban J connectivity index is 2.25. The van der Waals surface area contributed by atoms with Gasteiger partial charge in [-0.1, -0.05) is 0 Å². The van der Waals surface area contributed by atoms with E-state index in [9.17, 15) is 5.11 Å². The highest BCUT2D eigenvalue weighted by atomic mass is 16.5. The van der Waals surface area contributed by atoms with Crippen molar-refractivity contribution in [2.75, 3.05) is 53.7 Å². The van der Waals surface area contributed by atoms with E-state index in [1.807, 2.05) is 0 Å². The smallest absolute Gasteiger partial charge is 0.0610 e. The molecule has 1 aliphatic rings. The Hall–Kier alpha value is -0.200. The Morgan fingerprint density at radius 1 is 1.10 bits per heavy atom. The van der Waals surface area contributed by atoms with Crippen molar-refractivity contribution >= 4 is 0 Å². The van der Waals surface area contributed by atoms with Crippen molar-refractivity contribution in [2.45, 2.75) is 50.6 Å². The summed E-state index contributed by atoms with van der Waals surface area (Å²) >= 11 is 0. The van der Waals surface area contributed by atoms with Crippen LogP contribution >= 0.6 is 0 Å². The number of nitrogens with one attached hydrogen (secondary N) is 1. The Morgan fingerprint density at radius 2 is 1.76 bits per heavy atom. The Bertz CT molecular complexity index is 262. The molecule has 5 heteroatoms. The predicted octanol–water partition coefficient (Wildman–Crippen LogP) is 1.25. The van der Waals surface area contributed by atoms with Crippen molar-refractivity contribution in [3.05, 3.63) is 0 Å². The van der Waals surface area contributed by atoms with Crippen molar-refractivity contribution in [1.82, 2.24) is 10.2 Å². The van der Waals surface area contributed by atoms with E-state index < -0.39 is 0 Å². The molecular weight excluding hydrogens is 268 g/mol. The Labute approximate surface area is 130 Å². The highest BCUT2D eigenvalue weighted by molar-refractivity contribution is 4.92. The highest BCUT2D eigenvalue weighted by Gasteiger charge is 2.31. The lowest BCUT2D eigenvalue weighted by Crippen LogP contribution is -2.47. The van der Waals surface area contributed by atoms with Crippen LogP contribution in [0.3, 0.4) is 0 Å². The predicted molar refractivity (Wildman–Crippen MR) is 85.7 cm³/mol. The fourth-order valence-corrected chi connectivity index (χ4v) is 2.60. The van der Waals surface area contributed by atoms with E-state index in [0.717, 1.165) is 52.1 Å². The lowest BCUT2D eigenvalue weighted by Gasteiger charge is -2.30. The van der Waals surface area contributed by atoms with Crippen LogP contribution < -0.4 is 5.32 Å². The molecule has 21 heavy (non-hydrogen) atoms. The van der Waals surface area contributed by atoms with Gasteiger partial charge in [0.25, 0.3) is 0 Å². The molecule has 1 fully saturated rings. The second-order valence-electron chi connectivity index (χ2n) is 6.42. The summed E-state index contributed by atoms with van der Waals surface area (Å²) in [7, 11) is 3.49. The average molecular weight is 302 g/mol. The first kappa shape index (κ1) is 18.8. The minimum Gasteiger partial charge on any atom is -0.394 e. The number of methoxy groups -OCH3 is 2. The van der Waals surface area contributed by atoms with E-state index in [0.29, 0.717) is 6.04 Å². The molecule has 1 saturated carbocycles. The maximum Gasteiger partial charge on any atom is 0.0610 e. The number of aliphatic hydroxyl groups excluding tert-OH is 1. The van der Waals surface area contributed by atoms with Crippen LogP contribution in [0.5, 0.6) is 0 Å². The third kappa shape index (κ3) is 8.73. The van der Waals surface area contributed by atoms with Crippen molar-refractivity contribution in [3.8, 4) is 0 Å². The van der Waals surface area contributed by atoms with Gasteiger partial charge in [0.1, 0.15) is 0 Å². The summed E-state index contributed by atoms with van der Waals surface area (Å²) in [6.45, 7) is 6.98. The molecular formula is C16H34N2O3. The van der Waals surface area contributed by atoms with Crippen LogP contribution in [0.25, 0.3) is 0 Å². The minimum absolute atomic E-state index is 0.124. The van der Waals surface area contributed by atoms with Gasteiger partial charge in [0, 0.05) is 45.5 Å². The molecule has 0 spiro atoms. The van der Waals surface area contributed by atoms with Crippen LogP contribution in [0, 0.1) is 0 Å². The zero-order valence-corrected chi connectivity index (χ0v) is 14.1. The quantitative estimate of drug-likeness (QED) is 0.473. The molecule has 1 atom stereocenters. The number of ether oxygens (including phenoxy) is 2. The van der Waals surface area contributed by atoms with Gasteiger partial charge in [-0.15, -0.1) is 0 Å². The number of hydrogen-bond donors (Lipinski definition) is 2. The fraction of sp³-hybridized carbons (Fsp3) is 1.00. The van der Waals surface area contributed by atoms with Crippen molar-refractivity contribution in [1.29, 1.82) is 0 Å². The highest BCUT2D eigenvalue weighted by Crippen LogP contribution is 2.24. The summed E-state index contributed by atoms with van der Waals surface area (Å²) in [4.78, 5) is 2.43. The van der Waals surface area contributed by atoms with E-state index >= 15 is 0 Å². The molecule has 1 aliphatic carbocycles. The van der Waals surface area contributed by atoms with Crippen molar-refractivity contribution in [3.63, 3.8) is 0 Å². The maximum absolute atomic E-state index is 9.63. The molecule has 0 amide bonds. The van der Waals surface area contributed by atoms with Gasteiger partial charge in [0.05, 0.1) is 13.2 Å². The molecule has 1 unspecified atom stereocenters. The third-order valence-electron chi connectivity index (χ3n) is 4.12. The molecule has 2 N–H and O–H groups in total. The van der Waals surface area contributed by atoms with Crippen LogP contribution in [-0.4, -0.2) is 75.3 Å². The SMILES string of the molecule is COCCCN(CCCC(C)(CO)NC1CC1)CCOC. The first-order valence-electron chi connectivity index (χ1n) is 8.22. The average Bonchev–Trinajstić information content (AvgIpc) is 3.28. The second-order valence-corrected chi connectivity index (χ2v) is 6.42. The standard InChI is InChI=1S/C16H34N2O3/c1-16(14-19,17-15-6-7-15)8-4-9-18(11-13-21-3)10-5-12-20-2/h15,17,19H,4-14H2,1-3H3. The van der Waals surface area contributed by atoms with E-state index in [1.165, 1.54) is 12.8 Å². The first-order valence-corrected chi connectivity index (χ1v) is 8.22. The van der Waals surface area contributed by atoms with Crippen LogP contribution in [0.1, 0.15) is 39.0 Å². The molecule has 1 rings (SSSR count). The molecule has 0 saturated heterocycles. The van der Waals surface area contributed by atoms with Gasteiger partial charge >= 0.3 is 0 Å². The van der Waals surface area contributed by atoms with E-state index in [1.54, 1.807) is 14.2 Å². The van der Waals surface area contributed by atoms with Gasteiger partial charge in [-0.3, -0.25) is 0 Å². The monoisotopic (exact) mass is 302 g/mol. The Morgan fingerprint density at radius 3 is 2.33 bits per heavy atom. The number of hydrogen-bond acceptors (Lipinski definition) is 5. The van der Waals surface area contributed by atoms with Crippen molar-refractivity contribution in [2.24, 2.45) is 0 Å². The van der Waals surface area contributed by atoms with E-state index in [-0.39, 0.29) is 12.1 Å². The molecule has 0 aliphatic heterocycles. The largest absolute Gasteiger partial charge is 0.394 e. The van der Waals surface area contributed by atoms with Crippen LogP contribution in [0.4, 0.5) is 0 Å². The van der Waals surface area contributed by atoms with Crippen molar-refractivity contribution < 1.29 is 14.6 Å². The summed E-state index contributed by atoms with van der Waals surface area (Å²) in [5.74, 6) is 0. The molecule has 0 aromatic rings. The molecule has 5 nitrogen and oxygen atoms in total. The molecule has 0 aromatic carbocycles. The third-order valence-corrected chi connectivity index (χ3v) is 4.12. The zero-order chi connectivity index (χ0) is 15.6. The van der Waals surface area contributed by atoms with E-state index in [2.05, 4.69) is 17.1 Å². The number of aliphatic hydroxyl groups is 1. The van der Waals surface area contributed by atoms with Gasteiger partial charge in [0.2, 0.25) is 0 Å². The zero-order valence-electron chi connectivity index (χ0n) is 14.1. The second kappa shape index (κ2) is 10.5. The fourth-order valence-electron chi connectivity index (χ4n) is 2.60. The topological polar surface area (TPSA) is 54.0 Å². The summed E-state index contributed by atoms with van der Waals surface area (Å²) in [5, 5.41) is 13.2. The Kier molecular flexibility index (Phi) is 9.44. The summed E-state index contributed by atoms with van der Waals surface area (Å²) in [5.41, 5.74) is -0.124. The lowest BCUT2D eigenvalue weighted by molar-refractivity contribution is 0.123. The van der Waals surface area contributed by atoms with Crippen LogP contribution in [0.2, 0.25) is 0 Å². The molecule has 0 bridgehead atoms. The lowest BCUT2D eigenvalue weighted by atomic mass is 9.96. The van der Waals surface area contributed by atoms with Gasteiger partial charge in [-0.25, -0.2) is 0 Å². The van der Waals surface area contributed by atoms with E-state index in [4.69, 9.17) is 9.47 Å². The summed E-state index contributed by atoms with van der Waals surface area (Å²) < 4.78 is 10.3. The molecule has 0 aromatic heterocycles.